The van der Waals surface area contributed by atoms with Crippen molar-refractivity contribution in [3.05, 3.63) is 22.7 Å². The average molecular weight is 218 g/mol. The summed E-state index contributed by atoms with van der Waals surface area (Å²) in [6.07, 6.45) is -3.72. The van der Waals surface area contributed by atoms with Crippen LogP contribution < -0.4 is 9.47 Å². The SMILES string of the molecule is N#Cc1cc(Cl)cc2c1OC(F)(F)O2. The van der Waals surface area contributed by atoms with Crippen LogP contribution in [0, 0.1) is 11.3 Å². The van der Waals surface area contributed by atoms with E-state index in [2.05, 4.69) is 9.47 Å². The maximum absolute atomic E-state index is 12.6. The highest BCUT2D eigenvalue weighted by molar-refractivity contribution is 6.30. The van der Waals surface area contributed by atoms with Crippen LogP contribution in [0.3, 0.4) is 0 Å². The third kappa shape index (κ3) is 1.34. The highest BCUT2D eigenvalue weighted by Gasteiger charge is 2.44. The van der Waals surface area contributed by atoms with E-state index in [1.54, 1.807) is 6.07 Å². The third-order valence-electron chi connectivity index (χ3n) is 1.59. The molecule has 0 N–H and O–H groups in total. The van der Waals surface area contributed by atoms with Gasteiger partial charge in [0.05, 0.1) is 5.56 Å². The molecule has 0 aromatic heterocycles. The lowest BCUT2D eigenvalue weighted by Crippen LogP contribution is -2.26. The number of benzene rings is 1. The van der Waals surface area contributed by atoms with Crippen molar-refractivity contribution < 1.29 is 18.3 Å². The minimum atomic E-state index is -3.72. The van der Waals surface area contributed by atoms with E-state index in [-0.39, 0.29) is 22.1 Å². The van der Waals surface area contributed by atoms with E-state index in [9.17, 15) is 8.78 Å². The zero-order valence-electron chi connectivity index (χ0n) is 6.55. The molecular formula is C8H2ClF2NO2. The first kappa shape index (κ1) is 9.03. The molecule has 0 fully saturated rings. The first-order chi connectivity index (χ1) is 6.52. The third-order valence-corrected chi connectivity index (χ3v) is 1.81. The van der Waals surface area contributed by atoms with Crippen molar-refractivity contribution in [2.75, 3.05) is 0 Å². The highest BCUT2D eigenvalue weighted by Crippen LogP contribution is 2.44. The van der Waals surface area contributed by atoms with Crippen LogP contribution in [0.2, 0.25) is 5.02 Å². The van der Waals surface area contributed by atoms with Gasteiger partial charge in [0.1, 0.15) is 6.07 Å². The van der Waals surface area contributed by atoms with Gasteiger partial charge in [-0.05, 0) is 6.07 Å². The van der Waals surface area contributed by atoms with Gasteiger partial charge in [-0.15, -0.1) is 8.78 Å². The smallest absolute Gasteiger partial charge is 0.395 e. The molecule has 0 atom stereocenters. The molecule has 6 heteroatoms. The van der Waals surface area contributed by atoms with Crippen molar-refractivity contribution in [1.29, 1.82) is 5.26 Å². The molecule has 0 amide bonds. The van der Waals surface area contributed by atoms with E-state index in [4.69, 9.17) is 16.9 Å². The van der Waals surface area contributed by atoms with Crippen molar-refractivity contribution in [2.45, 2.75) is 6.29 Å². The molecule has 1 aliphatic heterocycles. The second-order valence-electron chi connectivity index (χ2n) is 2.56. The summed E-state index contributed by atoms with van der Waals surface area (Å²) < 4.78 is 33.4. The van der Waals surface area contributed by atoms with Crippen molar-refractivity contribution in [2.24, 2.45) is 0 Å². The predicted octanol–water partition coefficient (Wildman–Crippen LogP) is 2.53. The Bertz CT molecular complexity index is 442. The van der Waals surface area contributed by atoms with Gasteiger partial charge in [0.15, 0.2) is 11.5 Å². The van der Waals surface area contributed by atoms with Crippen molar-refractivity contribution in [3.63, 3.8) is 0 Å². The summed E-state index contributed by atoms with van der Waals surface area (Å²) in [6, 6.07) is 4.08. The lowest BCUT2D eigenvalue weighted by molar-refractivity contribution is -0.286. The molecule has 1 aliphatic rings. The summed E-state index contributed by atoms with van der Waals surface area (Å²) >= 11 is 5.57. The van der Waals surface area contributed by atoms with E-state index >= 15 is 0 Å². The summed E-state index contributed by atoms with van der Waals surface area (Å²) in [7, 11) is 0. The molecule has 2 rings (SSSR count). The first-order valence-electron chi connectivity index (χ1n) is 3.51. The molecule has 0 radical (unpaired) electrons. The maximum Gasteiger partial charge on any atom is 0.586 e. The standard InChI is InChI=1S/C8H2ClF2NO2/c9-5-1-4(3-12)7-6(2-5)13-8(10,11)14-7/h1-2H. The number of fused-ring (bicyclic) bond motifs is 1. The second kappa shape index (κ2) is 2.72. The number of rotatable bonds is 0. The number of ether oxygens (including phenoxy) is 2. The van der Waals surface area contributed by atoms with Crippen LogP contribution >= 0.6 is 11.6 Å². The second-order valence-corrected chi connectivity index (χ2v) is 3.00. The Morgan fingerprint density at radius 3 is 2.71 bits per heavy atom. The van der Waals surface area contributed by atoms with Crippen LogP contribution in [-0.4, -0.2) is 6.29 Å². The molecule has 14 heavy (non-hydrogen) atoms. The molecule has 1 aromatic rings. The highest BCUT2D eigenvalue weighted by atomic mass is 35.5. The van der Waals surface area contributed by atoms with Crippen LogP contribution in [0.25, 0.3) is 0 Å². The lowest BCUT2D eigenvalue weighted by Gasteiger charge is -2.04. The Labute approximate surface area is 82.4 Å². The fourth-order valence-corrected chi connectivity index (χ4v) is 1.31. The number of halogens is 3. The predicted molar refractivity (Wildman–Crippen MR) is 42.4 cm³/mol. The average Bonchev–Trinajstić information content (AvgIpc) is 2.37. The first-order valence-corrected chi connectivity index (χ1v) is 3.89. The summed E-state index contributed by atoms with van der Waals surface area (Å²) in [6.45, 7) is 0. The quantitative estimate of drug-likeness (QED) is 0.671. The van der Waals surface area contributed by atoms with Gasteiger partial charge in [-0.3, -0.25) is 0 Å². The number of nitriles is 1. The molecule has 0 spiro atoms. The Balaban J connectivity index is 2.58. The molecule has 0 bridgehead atoms. The molecule has 0 saturated heterocycles. The topological polar surface area (TPSA) is 42.2 Å². The van der Waals surface area contributed by atoms with Gasteiger partial charge in [0.2, 0.25) is 0 Å². The minimum Gasteiger partial charge on any atom is -0.395 e. The molecule has 3 nitrogen and oxygen atoms in total. The summed E-state index contributed by atoms with van der Waals surface area (Å²) in [5, 5.41) is 8.75. The van der Waals surface area contributed by atoms with Gasteiger partial charge in [-0.2, -0.15) is 5.26 Å². The van der Waals surface area contributed by atoms with E-state index in [0.717, 1.165) is 0 Å². The van der Waals surface area contributed by atoms with E-state index in [1.807, 2.05) is 0 Å². The molecule has 0 aliphatic carbocycles. The number of hydrogen-bond acceptors (Lipinski definition) is 3. The Morgan fingerprint density at radius 1 is 1.36 bits per heavy atom. The molecular weight excluding hydrogens is 216 g/mol. The van der Waals surface area contributed by atoms with Crippen LogP contribution in [0.15, 0.2) is 12.1 Å². The largest absolute Gasteiger partial charge is 0.586 e. The number of alkyl halides is 2. The Morgan fingerprint density at radius 2 is 2.07 bits per heavy atom. The van der Waals surface area contributed by atoms with Crippen LogP contribution in [-0.2, 0) is 0 Å². The Kier molecular flexibility index (Phi) is 1.76. The van der Waals surface area contributed by atoms with Gasteiger partial charge in [0.25, 0.3) is 0 Å². The normalized spacial score (nSPS) is 16.4. The zero-order valence-corrected chi connectivity index (χ0v) is 7.31. The van der Waals surface area contributed by atoms with Gasteiger partial charge >= 0.3 is 6.29 Å². The maximum atomic E-state index is 12.6. The summed E-state index contributed by atoms with van der Waals surface area (Å²) in [4.78, 5) is 0. The molecule has 72 valence electrons. The van der Waals surface area contributed by atoms with Gasteiger partial charge in [-0.25, -0.2) is 0 Å². The van der Waals surface area contributed by atoms with E-state index in [0.29, 0.717) is 0 Å². The minimum absolute atomic E-state index is 0.0790. The summed E-state index contributed by atoms with van der Waals surface area (Å²) in [5.74, 6) is -0.499. The van der Waals surface area contributed by atoms with Crippen molar-refractivity contribution in [3.8, 4) is 17.6 Å². The van der Waals surface area contributed by atoms with Crippen LogP contribution in [0.4, 0.5) is 8.78 Å². The van der Waals surface area contributed by atoms with Crippen LogP contribution in [0.1, 0.15) is 5.56 Å². The fraction of sp³-hybridized carbons (Fsp3) is 0.125. The number of nitrogens with zero attached hydrogens (tertiary/aromatic N) is 1. The van der Waals surface area contributed by atoms with Gasteiger partial charge < -0.3 is 9.47 Å². The molecule has 0 unspecified atom stereocenters. The van der Waals surface area contributed by atoms with Crippen molar-refractivity contribution in [1.82, 2.24) is 0 Å². The monoisotopic (exact) mass is 217 g/mol. The fourth-order valence-electron chi connectivity index (χ4n) is 1.10. The summed E-state index contributed by atoms with van der Waals surface area (Å²) in [5.41, 5.74) is -0.0790. The van der Waals surface area contributed by atoms with Crippen LogP contribution in [0.5, 0.6) is 11.5 Å². The van der Waals surface area contributed by atoms with E-state index < -0.39 is 6.29 Å². The van der Waals surface area contributed by atoms with Crippen molar-refractivity contribution >= 4 is 11.6 Å². The molecule has 1 heterocycles. The Hall–Kier alpha value is -1.54. The van der Waals surface area contributed by atoms with E-state index in [1.165, 1.54) is 12.1 Å². The lowest BCUT2D eigenvalue weighted by atomic mass is 10.2. The molecule has 1 aromatic carbocycles. The zero-order chi connectivity index (χ0) is 10.3. The van der Waals surface area contributed by atoms with Gasteiger partial charge in [-0.1, -0.05) is 11.6 Å². The number of hydrogen-bond donors (Lipinski definition) is 0. The molecule has 0 saturated carbocycles. The van der Waals surface area contributed by atoms with Gasteiger partial charge in [0, 0.05) is 11.1 Å².